The Bertz CT molecular complexity index is 753. The van der Waals surface area contributed by atoms with Gasteiger partial charge in [0.2, 0.25) is 0 Å². The summed E-state index contributed by atoms with van der Waals surface area (Å²) in [5.74, 6) is -3.35. The molecule has 1 rings (SSSR count). The van der Waals surface area contributed by atoms with Crippen molar-refractivity contribution in [3.63, 3.8) is 0 Å². The summed E-state index contributed by atoms with van der Waals surface area (Å²) in [6.07, 6.45) is 21.3. The van der Waals surface area contributed by atoms with Gasteiger partial charge in [-0.25, -0.2) is 14.4 Å². The lowest BCUT2D eigenvalue weighted by atomic mass is 10.0. The largest absolute Gasteiger partial charge is 0.478 e. The summed E-state index contributed by atoms with van der Waals surface area (Å²) in [4.78, 5) is 34.5. The highest BCUT2D eigenvalue weighted by Crippen LogP contribution is 2.15. The van der Waals surface area contributed by atoms with Gasteiger partial charge in [-0.2, -0.15) is 0 Å². The number of carboxylic acid groups (broad SMARTS) is 2. The first-order valence-electron chi connectivity index (χ1n) is 12.4. The minimum absolute atomic E-state index is 0.128. The second kappa shape index (κ2) is 17.9. The minimum Gasteiger partial charge on any atom is -0.478 e. The second-order valence-corrected chi connectivity index (χ2v) is 8.44. The van der Waals surface area contributed by atoms with Crippen LogP contribution in [0.25, 0.3) is 0 Å². The normalized spacial score (nSPS) is 11.1. The van der Waals surface area contributed by atoms with Gasteiger partial charge in [0.25, 0.3) is 0 Å². The van der Waals surface area contributed by atoms with Crippen molar-refractivity contribution >= 4 is 17.9 Å². The van der Waals surface area contributed by atoms with Crippen LogP contribution in [-0.4, -0.2) is 34.7 Å². The van der Waals surface area contributed by atoms with Crippen LogP contribution in [0.3, 0.4) is 0 Å². The highest BCUT2D eigenvalue weighted by atomic mass is 16.5. The molecule has 0 fully saturated rings. The topological polar surface area (TPSA) is 101 Å². The van der Waals surface area contributed by atoms with Crippen LogP contribution in [-0.2, 0) is 4.74 Å². The van der Waals surface area contributed by atoms with E-state index < -0.39 is 17.9 Å². The summed E-state index contributed by atoms with van der Waals surface area (Å²) in [6.45, 7) is 2.47. The summed E-state index contributed by atoms with van der Waals surface area (Å²) in [6, 6.07) is 3.37. The van der Waals surface area contributed by atoms with Crippen LogP contribution < -0.4 is 0 Å². The maximum absolute atomic E-state index is 12.2. The molecule has 0 saturated carbocycles. The summed E-state index contributed by atoms with van der Waals surface area (Å²) >= 11 is 0. The molecule has 0 unspecified atom stereocenters. The summed E-state index contributed by atoms with van der Waals surface area (Å²) < 4.78 is 5.18. The number of allylic oxidation sites excluding steroid dienone is 2. The molecule has 6 heteroatoms. The highest BCUT2D eigenvalue weighted by molar-refractivity contribution is 6.04. The third kappa shape index (κ3) is 12.9. The van der Waals surface area contributed by atoms with E-state index in [0.717, 1.165) is 38.2 Å². The average molecular weight is 461 g/mol. The van der Waals surface area contributed by atoms with Crippen LogP contribution in [0.4, 0.5) is 0 Å². The van der Waals surface area contributed by atoms with Crippen molar-refractivity contribution in [2.75, 3.05) is 6.61 Å². The van der Waals surface area contributed by atoms with Crippen LogP contribution in [0.1, 0.15) is 128 Å². The van der Waals surface area contributed by atoms with Gasteiger partial charge in [-0.05, 0) is 50.3 Å². The molecule has 184 valence electrons. The van der Waals surface area contributed by atoms with Crippen LogP contribution in [0.15, 0.2) is 30.4 Å². The van der Waals surface area contributed by atoms with Crippen molar-refractivity contribution in [3.8, 4) is 0 Å². The van der Waals surface area contributed by atoms with Gasteiger partial charge >= 0.3 is 17.9 Å². The van der Waals surface area contributed by atoms with E-state index in [1.165, 1.54) is 69.9 Å². The number of aromatic carboxylic acids is 2. The zero-order valence-corrected chi connectivity index (χ0v) is 20.0. The first-order valence-corrected chi connectivity index (χ1v) is 12.4. The van der Waals surface area contributed by atoms with Gasteiger partial charge in [0.15, 0.2) is 0 Å². The molecular weight excluding hydrogens is 420 g/mol. The molecule has 1 aromatic carbocycles. The fourth-order valence-electron chi connectivity index (χ4n) is 3.62. The van der Waals surface area contributed by atoms with Gasteiger partial charge in [-0.1, -0.05) is 76.9 Å². The van der Waals surface area contributed by atoms with Gasteiger partial charge in [-0.15, -0.1) is 0 Å². The second-order valence-electron chi connectivity index (χ2n) is 8.44. The number of esters is 1. The first kappa shape index (κ1) is 28.4. The standard InChI is InChI=1S/C27H40O6/c1-2-3-4-5-6-7-8-9-10-11-12-13-14-15-16-17-20-33-27(32)23-19-18-22(25(28)29)21-24(23)26(30)31/h9-10,18-19,21H,2-8,11-17,20H2,1H3,(H,28,29)(H,30,31)/b10-9-. The molecule has 0 heterocycles. The summed E-state index contributed by atoms with van der Waals surface area (Å²) in [5, 5.41) is 18.2. The van der Waals surface area contributed by atoms with E-state index in [9.17, 15) is 19.5 Å². The lowest BCUT2D eigenvalue weighted by Gasteiger charge is -2.08. The molecule has 0 spiro atoms. The third-order valence-corrected chi connectivity index (χ3v) is 5.61. The Morgan fingerprint density at radius 3 is 1.82 bits per heavy atom. The Labute approximate surface area is 198 Å². The molecule has 0 aromatic heterocycles. The van der Waals surface area contributed by atoms with Gasteiger partial charge in [0, 0.05) is 0 Å². The van der Waals surface area contributed by atoms with Crippen molar-refractivity contribution in [2.24, 2.45) is 0 Å². The number of carboxylic acids is 2. The molecule has 0 aliphatic heterocycles. The molecule has 33 heavy (non-hydrogen) atoms. The number of hydrogen-bond acceptors (Lipinski definition) is 4. The molecule has 0 bridgehead atoms. The van der Waals surface area contributed by atoms with Gasteiger partial charge in [-0.3, -0.25) is 0 Å². The molecule has 0 atom stereocenters. The lowest BCUT2D eigenvalue weighted by molar-refractivity contribution is 0.0486. The third-order valence-electron chi connectivity index (χ3n) is 5.61. The van der Waals surface area contributed by atoms with Crippen molar-refractivity contribution in [2.45, 2.75) is 96.8 Å². The molecule has 0 saturated heterocycles. The number of carbonyl (C=O) groups excluding carboxylic acids is 1. The Hall–Kier alpha value is -2.63. The number of unbranched alkanes of at least 4 members (excludes halogenated alkanes) is 12. The fourth-order valence-corrected chi connectivity index (χ4v) is 3.62. The number of rotatable bonds is 19. The molecule has 0 aliphatic carbocycles. The molecule has 0 amide bonds. The van der Waals surface area contributed by atoms with Gasteiger partial charge < -0.3 is 14.9 Å². The molecule has 1 aromatic rings. The first-order chi connectivity index (χ1) is 16.0. The van der Waals surface area contributed by atoms with Crippen molar-refractivity contribution in [1.29, 1.82) is 0 Å². The Balaban J connectivity index is 2.08. The zero-order valence-electron chi connectivity index (χ0n) is 20.0. The highest BCUT2D eigenvalue weighted by Gasteiger charge is 2.20. The van der Waals surface area contributed by atoms with Crippen LogP contribution >= 0.6 is 0 Å². The maximum Gasteiger partial charge on any atom is 0.339 e. The fraction of sp³-hybridized carbons (Fsp3) is 0.593. The van der Waals surface area contributed by atoms with Gasteiger partial charge in [0.05, 0.1) is 23.3 Å². The molecule has 2 N–H and O–H groups in total. The van der Waals surface area contributed by atoms with Crippen LogP contribution in [0, 0.1) is 0 Å². The smallest absolute Gasteiger partial charge is 0.339 e. The number of benzene rings is 1. The van der Waals surface area contributed by atoms with E-state index >= 15 is 0 Å². The predicted molar refractivity (Wildman–Crippen MR) is 130 cm³/mol. The summed E-state index contributed by atoms with van der Waals surface area (Å²) in [5.41, 5.74) is -0.671. The van der Waals surface area contributed by atoms with E-state index in [-0.39, 0.29) is 23.3 Å². The lowest BCUT2D eigenvalue weighted by Crippen LogP contribution is -2.13. The SMILES string of the molecule is CCCCCCCC/C=C\CCCCCCCCOC(=O)c1ccc(C(=O)O)cc1C(=O)O. The van der Waals surface area contributed by atoms with Gasteiger partial charge in [0.1, 0.15) is 0 Å². The van der Waals surface area contributed by atoms with E-state index in [0.29, 0.717) is 0 Å². The molecular formula is C27H40O6. The number of hydrogen-bond donors (Lipinski definition) is 2. The zero-order chi connectivity index (χ0) is 24.3. The van der Waals surface area contributed by atoms with E-state index in [1.807, 2.05) is 0 Å². The number of ether oxygens (including phenoxy) is 1. The van der Waals surface area contributed by atoms with E-state index in [4.69, 9.17) is 9.84 Å². The molecule has 0 aliphatic rings. The summed E-state index contributed by atoms with van der Waals surface area (Å²) in [7, 11) is 0. The van der Waals surface area contributed by atoms with Crippen molar-refractivity contribution < 1.29 is 29.3 Å². The maximum atomic E-state index is 12.2. The van der Waals surface area contributed by atoms with Crippen molar-refractivity contribution in [1.82, 2.24) is 0 Å². The van der Waals surface area contributed by atoms with Crippen LogP contribution in [0.2, 0.25) is 0 Å². The Morgan fingerprint density at radius 2 is 1.27 bits per heavy atom. The van der Waals surface area contributed by atoms with E-state index in [2.05, 4.69) is 19.1 Å². The molecule has 6 nitrogen and oxygen atoms in total. The number of carbonyl (C=O) groups is 3. The Morgan fingerprint density at radius 1 is 0.727 bits per heavy atom. The van der Waals surface area contributed by atoms with Crippen molar-refractivity contribution in [3.05, 3.63) is 47.0 Å². The minimum atomic E-state index is -1.36. The average Bonchev–Trinajstić information content (AvgIpc) is 2.80. The predicted octanol–water partition coefficient (Wildman–Crippen LogP) is 7.28. The quantitative estimate of drug-likeness (QED) is 0.128. The van der Waals surface area contributed by atoms with E-state index in [1.54, 1.807) is 0 Å². The Kier molecular flexibility index (Phi) is 15.4. The van der Waals surface area contributed by atoms with Crippen LogP contribution in [0.5, 0.6) is 0 Å². The monoisotopic (exact) mass is 460 g/mol. The molecule has 0 radical (unpaired) electrons.